The van der Waals surface area contributed by atoms with Crippen molar-refractivity contribution in [3.63, 3.8) is 0 Å². The summed E-state index contributed by atoms with van der Waals surface area (Å²) in [4.78, 5) is 4.02. The number of aryl methyl sites for hydroxylation is 2. The number of aliphatic hydroxyl groups is 1. The van der Waals surface area contributed by atoms with Crippen LogP contribution in [0.2, 0.25) is 0 Å². The van der Waals surface area contributed by atoms with Crippen molar-refractivity contribution in [1.82, 2.24) is 14.8 Å². The fourth-order valence-electron chi connectivity index (χ4n) is 2.20. The second-order valence-electron chi connectivity index (χ2n) is 4.61. The molecule has 2 aromatic heterocycles. The molecule has 1 atom stereocenters. The van der Waals surface area contributed by atoms with Gasteiger partial charge in [0, 0.05) is 25.1 Å². The maximum atomic E-state index is 10.1. The summed E-state index contributed by atoms with van der Waals surface area (Å²) in [5.41, 5.74) is 4.33. The Labute approximate surface area is 107 Å². The minimum Gasteiger partial charge on any atom is -0.388 e. The van der Waals surface area contributed by atoms with Crippen LogP contribution in [0.25, 0.3) is 0 Å². The first-order chi connectivity index (χ1) is 8.59. The molecule has 0 bridgehead atoms. The van der Waals surface area contributed by atoms with Crippen molar-refractivity contribution >= 4 is 0 Å². The predicted octanol–water partition coefficient (Wildman–Crippen LogP) is 2.10. The minimum atomic E-state index is -0.460. The molecule has 0 aromatic carbocycles. The summed E-state index contributed by atoms with van der Waals surface area (Å²) in [7, 11) is 1.95. The normalized spacial score (nSPS) is 12.7. The molecule has 96 valence electrons. The van der Waals surface area contributed by atoms with Gasteiger partial charge in [-0.3, -0.25) is 9.67 Å². The van der Waals surface area contributed by atoms with Gasteiger partial charge < -0.3 is 5.11 Å². The van der Waals surface area contributed by atoms with E-state index in [9.17, 15) is 5.11 Å². The Balaban J connectivity index is 2.04. The Morgan fingerprint density at radius 1 is 1.39 bits per heavy atom. The molecule has 1 unspecified atom stereocenters. The van der Waals surface area contributed by atoms with Gasteiger partial charge in [0.1, 0.15) is 0 Å². The maximum absolute atomic E-state index is 10.1. The molecule has 18 heavy (non-hydrogen) atoms. The highest BCUT2D eigenvalue weighted by Crippen LogP contribution is 2.21. The summed E-state index contributed by atoms with van der Waals surface area (Å²) >= 11 is 0. The molecule has 0 spiro atoms. The summed E-state index contributed by atoms with van der Waals surface area (Å²) in [5, 5.41) is 14.5. The second-order valence-corrected chi connectivity index (χ2v) is 4.61. The SMILES string of the molecule is Cc1nn(C)c(C)c1CCC(O)c1cccnc1. The lowest BCUT2D eigenvalue weighted by Gasteiger charge is -2.10. The molecule has 2 heterocycles. The summed E-state index contributed by atoms with van der Waals surface area (Å²) in [6.45, 7) is 4.07. The molecular formula is C14H19N3O. The van der Waals surface area contributed by atoms with E-state index in [0.717, 1.165) is 17.7 Å². The Morgan fingerprint density at radius 3 is 2.72 bits per heavy atom. The molecule has 2 aromatic rings. The standard InChI is InChI=1S/C14H19N3O/c1-10-13(11(2)17(3)16-10)6-7-14(18)12-5-4-8-15-9-12/h4-5,8-9,14,18H,6-7H2,1-3H3. The third-order valence-corrected chi connectivity index (χ3v) is 3.40. The highest BCUT2D eigenvalue weighted by atomic mass is 16.3. The van der Waals surface area contributed by atoms with E-state index in [1.54, 1.807) is 12.4 Å². The number of pyridine rings is 1. The van der Waals surface area contributed by atoms with Gasteiger partial charge in [0.05, 0.1) is 11.8 Å². The van der Waals surface area contributed by atoms with Crippen molar-refractivity contribution in [2.45, 2.75) is 32.8 Å². The molecule has 0 saturated heterocycles. The smallest absolute Gasteiger partial charge is 0.0808 e. The molecule has 0 aliphatic rings. The maximum Gasteiger partial charge on any atom is 0.0808 e. The molecule has 0 aliphatic carbocycles. The van der Waals surface area contributed by atoms with E-state index < -0.39 is 6.10 Å². The first-order valence-electron chi connectivity index (χ1n) is 6.16. The van der Waals surface area contributed by atoms with Crippen LogP contribution in [0.3, 0.4) is 0 Å². The van der Waals surface area contributed by atoms with E-state index in [1.807, 2.05) is 30.8 Å². The highest BCUT2D eigenvalue weighted by molar-refractivity contribution is 5.25. The Kier molecular flexibility index (Phi) is 3.77. The first kappa shape index (κ1) is 12.8. The van der Waals surface area contributed by atoms with Crippen LogP contribution >= 0.6 is 0 Å². The topological polar surface area (TPSA) is 50.9 Å². The van der Waals surface area contributed by atoms with Crippen molar-refractivity contribution in [2.24, 2.45) is 7.05 Å². The lowest BCUT2D eigenvalue weighted by molar-refractivity contribution is 0.167. The number of aliphatic hydroxyl groups excluding tert-OH is 1. The molecule has 4 heteroatoms. The van der Waals surface area contributed by atoms with E-state index in [4.69, 9.17) is 0 Å². The van der Waals surface area contributed by atoms with Crippen molar-refractivity contribution in [2.75, 3.05) is 0 Å². The van der Waals surface area contributed by atoms with Gasteiger partial charge in [-0.15, -0.1) is 0 Å². The zero-order chi connectivity index (χ0) is 13.1. The molecule has 0 fully saturated rings. The average Bonchev–Trinajstić information content (AvgIpc) is 2.62. The zero-order valence-electron chi connectivity index (χ0n) is 11.1. The third kappa shape index (κ3) is 2.59. The predicted molar refractivity (Wildman–Crippen MR) is 70.2 cm³/mol. The summed E-state index contributed by atoms with van der Waals surface area (Å²) in [5.74, 6) is 0. The van der Waals surface area contributed by atoms with E-state index in [1.165, 1.54) is 11.3 Å². The average molecular weight is 245 g/mol. The van der Waals surface area contributed by atoms with Crippen LogP contribution in [0, 0.1) is 13.8 Å². The fraction of sp³-hybridized carbons (Fsp3) is 0.429. The lowest BCUT2D eigenvalue weighted by Crippen LogP contribution is -2.01. The van der Waals surface area contributed by atoms with Crippen molar-refractivity contribution in [3.8, 4) is 0 Å². The summed E-state index contributed by atoms with van der Waals surface area (Å²) < 4.78 is 1.89. The number of aromatic nitrogens is 3. The monoisotopic (exact) mass is 245 g/mol. The molecule has 0 radical (unpaired) electrons. The second kappa shape index (κ2) is 5.31. The Bertz CT molecular complexity index is 519. The Morgan fingerprint density at radius 2 is 2.17 bits per heavy atom. The van der Waals surface area contributed by atoms with Gasteiger partial charge in [0.25, 0.3) is 0 Å². The van der Waals surface area contributed by atoms with Crippen LogP contribution in [0.15, 0.2) is 24.5 Å². The third-order valence-electron chi connectivity index (χ3n) is 3.40. The molecule has 0 saturated carbocycles. The first-order valence-corrected chi connectivity index (χ1v) is 6.16. The van der Waals surface area contributed by atoms with Gasteiger partial charge in [0.2, 0.25) is 0 Å². The van der Waals surface area contributed by atoms with E-state index in [0.29, 0.717) is 6.42 Å². The van der Waals surface area contributed by atoms with E-state index >= 15 is 0 Å². The van der Waals surface area contributed by atoms with E-state index in [-0.39, 0.29) is 0 Å². The van der Waals surface area contributed by atoms with E-state index in [2.05, 4.69) is 17.0 Å². The largest absolute Gasteiger partial charge is 0.388 e. The van der Waals surface area contributed by atoms with Gasteiger partial charge in [0.15, 0.2) is 0 Å². The number of nitrogens with zero attached hydrogens (tertiary/aromatic N) is 3. The van der Waals surface area contributed by atoms with Gasteiger partial charge in [-0.25, -0.2) is 0 Å². The quantitative estimate of drug-likeness (QED) is 0.897. The van der Waals surface area contributed by atoms with Crippen molar-refractivity contribution < 1.29 is 5.11 Å². The van der Waals surface area contributed by atoms with Gasteiger partial charge in [-0.1, -0.05) is 6.07 Å². The van der Waals surface area contributed by atoms with Crippen LogP contribution in [0.4, 0.5) is 0 Å². The van der Waals surface area contributed by atoms with Crippen LogP contribution in [-0.2, 0) is 13.5 Å². The van der Waals surface area contributed by atoms with Gasteiger partial charge >= 0.3 is 0 Å². The number of rotatable bonds is 4. The van der Waals surface area contributed by atoms with Crippen LogP contribution in [0.1, 0.15) is 35.0 Å². The fourth-order valence-corrected chi connectivity index (χ4v) is 2.20. The Hall–Kier alpha value is -1.68. The summed E-state index contributed by atoms with van der Waals surface area (Å²) in [6, 6.07) is 3.75. The van der Waals surface area contributed by atoms with Gasteiger partial charge in [-0.2, -0.15) is 5.10 Å². The highest BCUT2D eigenvalue weighted by Gasteiger charge is 2.13. The lowest BCUT2D eigenvalue weighted by atomic mass is 10.0. The number of hydrogen-bond donors (Lipinski definition) is 1. The number of hydrogen-bond acceptors (Lipinski definition) is 3. The molecule has 2 rings (SSSR count). The van der Waals surface area contributed by atoms with Crippen LogP contribution in [-0.4, -0.2) is 19.9 Å². The molecule has 1 N–H and O–H groups in total. The summed E-state index contributed by atoms with van der Waals surface area (Å²) in [6.07, 6.45) is 4.50. The van der Waals surface area contributed by atoms with Crippen molar-refractivity contribution in [1.29, 1.82) is 0 Å². The van der Waals surface area contributed by atoms with Crippen LogP contribution < -0.4 is 0 Å². The van der Waals surface area contributed by atoms with Gasteiger partial charge in [-0.05, 0) is 43.9 Å². The minimum absolute atomic E-state index is 0.460. The molecule has 4 nitrogen and oxygen atoms in total. The molecular weight excluding hydrogens is 226 g/mol. The molecule has 0 aliphatic heterocycles. The van der Waals surface area contributed by atoms with Crippen LogP contribution in [0.5, 0.6) is 0 Å². The zero-order valence-corrected chi connectivity index (χ0v) is 11.1. The van der Waals surface area contributed by atoms with Crippen molar-refractivity contribution in [3.05, 3.63) is 47.0 Å². The molecule has 0 amide bonds.